The van der Waals surface area contributed by atoms with Gasteiger partial charge in [0.25, 0.3) is 0 Å². The SMILES string of the molecule is CCC[CH2][Sn]([CH2]/C=C\O[C@H]1C[C@H]2O[C@@H](CCO[Si](C)(C)C(C)(C)C)[C@](C)(O[Si](C)(C)C(C)(C)C)C[C@]2(C)O[C@@H]1CCC=O)([CH2]CCC)[CH2]CCC. The van der Waals surface area contributed by atoms with Crippen molar-refractivity contribution in [2.75, 3.05) is 6.61 Å². The van der Waals surface area contributed by atoms with E-state index in [1.807, 2.05) is 6.26 Å². The van der Waals surface area contributed by atoms with Gasteiger partial charge in [0.15, 0.2) is 8.32 Å². The number of hydrogen-bond acceptors (Lipinski definition) is 6. The Bertz CT molecular complexity index is 1050. The fraction of sp³-hybridized carbons (Fsp3) is 0.929. The average Bonchev–Trinajstić information content (AvgIpc) is 3.01. The van der Waals surface area contributed by atoms with E-state index in [9.17, 15) is 4.79 Å². The van der Waals surface area contributed by atoms with Crippen molar-refractivity contribution in [3.63, 3.8) is 0 Å². The number of allylic oxidation sites excluding steroid dienone is 1. The van der Waals surface area contributed by atoms with Crippen molar-refractivity contribution >= 4 is 41.3 Å². The van der Waals surface area contributed by atoms with Gasteiger partial charge in [-0.1, -0.05) is 41.5 Å². The molecule has 6 atom stereocenters. The van der Waals surface area contributed by atoms with Crippen molar-refractivity contribution in [1.29, 1.82) is 0 Å². The van der Waals surface area contributed by atoms with Crippen LogP contribution in [0.5, 0.6) is 0 Å². The van der Waals surface area contributed by atoms with Gasteiger partial charge in [0.05, 0.1) is 0 Å². The van der Waals surface area contributed by atoms with Gasteiger partial charge >= 0.3 is 238 Å². The van der Waals surface area contributed by atoms with E-state index < -0.39 is 46.2 Å². The normalized spacial score (nSPS) is 28.2. The Morgan fingerprint density at radius 3 is 1.88 bits per heavy atom. The van der Waals surface area contributed by atoms with Crippen LogP contribution >= 0.6 is 0 Å². The van der Waals surface area contributed by atoms with Crippen molar-refractivity contribution in [3.8, 4) is 0 Å². The van der Waals surface area contributed by atoms with E-state index >= 15 is 0 Å². The minimum atomic E-state index is -2.31. The van der Waals surface area contributed by atoms with E-state index in [2.05, 4.69) is 108 Å². The molecule has 0 aromatic heterocycles. The first kappa shape index (κ1) is 47.4. The molecule has 0 N–H and O–H groups in total. The van der Waals surface area contributed by atoms with Crippen LogP contribution in [0, 0.1) is 0 Å². The van der Waals surface area contributed by atoms with Crippen LogP contribution in [0.1, 0.15) is 147 Å². The summed E-state index contributed by atoms with van der Waals surface area (Å²) >= 11 is -2.31. The summed E-state index contributed by atoms with van der Waals surface area (Å²) in [5, 5.41) is 0.212. The van der Waals surface area contributed by atoms with E-state index in [4.69, 9.17) is 23.1 Å². The monoisotopic (exact) mass is 860 g/mol. The summed E-state index contributed by atoms with van der Waals surface area (Å²) in [4.78, 5) is 11.6. The summed E-state index contributed by atoms with van der Waals surface area (Å²) in [5.74, 6) is 0. The van der Waals surface area contributed by atoms with Crippen LogP contribution in [0.2, 0.25) is 54.0 Å². The van der Waals surface area contributed by atoms with Crippen molar-refractivity contribution in [3.05, 3.63) is 12.3 Å². The number of carbonyl (C=O) groups excluding carboxylic acids is 1. The molecule has 300 valence electrons. The van der Waals surface area contributed by atoms with Crippen LogP contribution in [-0.4, -0.2) is 83.5 Å². The molecule has 0 saturated carbocycles. The molecule has 6 nitrogen and oxygen atoms in total. The van der Waals surface area contributed by atoms with Crippen LogP contribution < -0.4 is 0 Å². The molecular weight excluding hydrogens is 775 g/mol. The molecule has 0 aromatic carbocycles. The Hall–Kier alpha value is 0.282. The molecule has 0 bridgehead atoms. The van der Waals surface area contributed by atoms with Gasteiger partial charge in [-0.2, -0.15) is 0 Å². The van der Waals surface area contributed by atoms with Crippen molar-refractivity contribution in [1.82, 2.24) is 0 Å². The summed E-state index contributed by atoms with van der Waals surface area (Å²) in [6.07, 6.45) is 16.2. The first-order valence-electron chi connectivity index (χ1n) is 21.0. The molecule has 2 saturated heterocycles. The fourth-order valence-corrected chi connectivity index (χ4v) is 25.7. The molecule has 2 aliphatic heterocycles. The number of fused-ring (bicyclic) bond motifs is 1. The molecule has 0 radical (unpaired) electrons. The molecule has 0 spiro atoms. The number of rotatable bonds is 22. The molecule has 9 heteroatoms. The summed E-state index contributed by atoms with van der Waals surface area (Å²) in [6, 6.07) is 0. The molecule has 2 rings (SSSR count). The molecule has 2 fully saturated rings. The predicted molar refractivity (Wildman–Crippen MR) is 225 cm³/mol. The summed E-state index contributed by atoms with van der Waals surface area (Å²) in [6.45, 7) is 35.3. The topological polar surface area (TPSA) is 63.2 Å². The molecule has 0 unspecified atom stereocenters. The van der Waals surface area contributed by atoms with Crippen LogP contribution in [0.4, 0.5) is 0 Å². The second-order valence-corrected chi connectivity index (χ2v) is 43.4. The third-order valence-corrected chi connectivity index (χ3v) is 37.7. The van der Waals surface area contributed by atoms with Gasteiger partial charge in [0, 0.05) is 0 Å². The number of aldehydes is 1. The van der Waals surface area contributed by atoms with Gasteiger partial charge in [0.2, 0.25) is 0 Å². The van der Waals surface area contributed by atoms with E-state index in [0.29, 0.717) is 19.4 Å². The number of carbonyl (C=O) groups is 1. The van der Waals surface area contributed by atoms with Crippen LogP contribution in [0.25, 0.3) is 0 Å². The van der Waals surface area contributed by atoms with Crippen LogP contribution in [0.3, 0.4) is 0 Å². The number of ether oxygens (including phenoxy) is 3. The van der Waals surface area contributed by atoms with Crippen LogP contribution in [-0.2, 0) is 27.9 Å². The fourth-order valence-electron chi connectivity index (χ4n) is 7.88. The van der Waals surface area contributed by atoms with Gasteiger partial charge in [0.1, 0.15) is 0 Å². The van der Waals surface area contributed by atoms with E-state index in [1.165, 1.54) is 56.3 Å². The molecule has 2 heterocycles. The first-order valence-corrected chi connectivity index (χ1v) is 34.8. The summed E-state index contributed by atoms with van der Waals surface area (Å²) in [5.41, 5.74) is -1.07. The Balaban J connectivity index is 2.37. The Morgan fingerprint density at radius 2 is 1.39 bits per heavy atom. The van der Waals surface area contributed by atoms with E-state index in [0.717, 1.165) is 25.5 Å². The summed E-state index contributed by atoms with van der Waals surface area (Å²) < 4.78 is 40.7. The quantitative estimate of drug-likeness (QED) is 0.0614. The predicted octanol–water partition coefficient (Wildman–Crippen LogP) is 12.6. The standard InChI is InChI=1S/C30H57O6Si2.3C4H9.Sn/c1-14-19-32-24-21-26-29(8,35-23(24)16-15-18-31)22-30(9,36-38(12,13)28(5,6)7)25(34-26)17-20-33-37(10,11)27(2,3)4;3*1-3-4-2;/h14,18-19,23-26H,1,15-17,20-22H2,2-13H3;3*1,3-4H2,2H3;/b19-14-;;;;/t23-,24+,25+,26-,29+,30-;;;;/m1..../s1. The number of unbranched alkanes of at least 4 members (excludes halogenated alkanes) is 3. The minimum absolute atomic E-state index is 0.0622. The maximum absolute atomic E-state index is 11.6. The Kier molecular flexibility index (Phi) is 18.5. The van der Waals surface area contributed by atoms with Gasteiger partial charge in [-0.25, -0.2) is 0 Å². The van der Waals surface area contributed by atoms with Gasteiger partial charge < -0.3 is 0 Å². The average molecular weight is 860 g/mol. The third kappa shape index (κ3) is 13.5. The zero-order valence-electron chi connectivity index (χ0n) is 36.3. The van der Waals surface area contributed by atoms with Gasteiger partial charge in [-0.3, -0.25) is 0 Å². The molecule has 0 aromatic rings. The molecule has 51 heavy (non-hydrogen) atoms. The Labute approximate surface area is 322 Å². The van der Waals surface area contributed by atoms with Gasteiger partial charge in [-0.05, 0) is 36.3 Å². The maximum atomic E-state index is 11.6. The molecule has 2 aliphatic rings. The van der Waals surface area contributed by atoms with Crippen molar-refractivity contribution in [2.24, 2.45) is 0 Å². The second kappa shape index (κ2) is 19.9. The molecule has 0 aliphatic carbocycles. The van der Waals surface area contributed by atoms with Crippen LogP contribution in [0.15, 0.2) is 12.3 Å². The number of hydrogen-bond donors (Lipinski definition) is 0. The Morgan fingerprint density at radius 1 is 0.843 bits per heavy atom. The van der Waals surface area contributed by atoms with Crippen molar-refractivity contribution in [2.45, 2.75) is 236 Å². The van der Waals surface area contributed by atoms with E-state index in [1.54, 1.807) is 0 Å². The molecular formula is C42H84O6Si2Sn. The zero-order valence-corrected chi connectivity index (χ0v) is 41.2. The first-order chi connectivity index (χ1) is 23.5. The molecule has 0 amide bonds. The van der Waals surface area contributed by atoms with Gasteiger partial charge in [-0.15, -0.1) is 0 Å². The van der Waals surface area contributed by atoms with E-state index in [-0.39, 0.29) is 34.5 Å². The second-order valence-electron chi connectivity index (χ2n) is 19.9. The third-order valence-electron chi connectivity index (χ3n) is 13.3. The van der Waals surface area contributed by atoms with Crippen molar-refractivity contribution < 1.29 is 27.9 Å². The summed E-state index contributed by atoms with van der Waals surface area (Å²) in [7, 11) is -4.07. The zero-order chi connectivity index (χ0) is 38.8.